The summed E-state index contributed by atoms with van der Waals surface area (Å²) >= 11 is 1.34. The topological polar surface area (TPSA) is 557 Å². The van der Waals surface area contributed by atoms with E-state index in [-0.39, 0.29) is 112 Å². The lowest BCUT2D eigenvalue weighted by Crippen LogP contribution is -2.62. The molecular formula is C73H117N18O18S+. The fraction of sp³-hybridized carbons (Fsp3) is 0.658. The van der Waals surface area contributed by atoms with Crippen LogP contribution in [0.5, 0.6) is 0 Å². The monoisotopic (exact) mass is 1570 g/mol. The van der Waals surface area contributed by atoms with E-state index in [1.807, 2.05) is 13.8 Å². The standard InChI is InChI=1S/C73H116N18O18S/c1-12-40(6)59(76)73-88-54(37-110-73)70(106)83-49(29-39(4)5)66(102)81-48(25-26-58(97)109-45(32-56(93)94)36-91(9,10)11)65(101)90-60(41(7)13-2)71(107)82-46-23-18-19-28-78-62(98)52(33-55(75)92)85-69(105)53(34-57(95)96)86-68(104)51(31-44-35-77-38-79-44)84-67(103)50(30-43-21-16-15-17-22-43)87-72(108)61(42(8)14-3)89-64(100)47(24-20-27-74)80-63(46)99/h15-17,21-22,35,38-42,45-54,59-61H,12-14,18-20,23-34,36-37,74,76H2,1-11H3,(H15-,75,77,78,79,80,81,82,83,84,85,86,87,89,90,92,93,94,95,96,98,99,100,101,102,103,104,105,106,107,108)/p+1/t40-,41-,42-,45?,46-,47+,48+,49-,50+,51-,52-,53+,54-,59-,60-,61-/m0/s1. The van der Waals surface area contributed by atoms with Gasteiger partial charge in [-0.2, -0.15) is 0 Å². The summed E-state index contributed by atoms with van der Waals surface area (Å²) in [6, 6.07) is -8.76. The lowest BCUT2D eigenvalue weighted by molar-refractivity contribution is -0.873. The minimum absolute atomic E-state index is 0.00191. The van der Waals surface area contributed by atoms with E-state index in [4.69, 9.17) is 21.9 Å². The number of thioether (sulfide) groups is 1. The van der Waals surface area contributed by atoms with Gasteiger partial charge in [0.25, 0.3) is 0 Å². The van der Waals surface area contributed by atoms with Crippen molar-refractivity contribution in [1.29, 1.82) is 0 Å². The van der Waals surface area contributed by atoms with Crippen molar-refractivity contribution in [2.24, 2.45) is 45.9 Å². The number of carbonyl (C=O) groups is 15. The third-order valence-electron chi connectivity index (χ3n) is 18.9. The first kappa shape index (κ1) is 92.8. The van der Waals surface area contributed by atoms with Crippen LogP contribution in [0.4, 0.5) is 0 Å². The van der Waals surface area contributed by atoms with Gasteiger partial charge in [-0.1, -0.05) is 105 Å². The van der Waals surface area contributed by atoms with Crippen LogP contribution in [-0.4, -0.2) is 244 Å². The maximum Gasteiger partial charge on any atom is 0.307 e. The molecule has 0 spiro atoms. The number of aromatic amines is 1. The highest BCUT2D eigenvalue weighted by Crippen LogP contribution is 2.25. The second-order valence-corrected chi connectivity index (χ2v) is 30.8. The molecule has 0 saturated carbocycles. The summed E-state index contributed by atoms with van der Waals surface area (Å²) in [6.07, 6.45) is -1.54. The Bertz CT molecular complexity index is 3490. The fourth-order valence-corrected chi connectivity index (χ4v) is 13.2. The number of quaternary nitrogens is 1. The first-order chi connectivity index (χ1) is 51.9. The molecule has 3 heterocycles. The highest BCUT2D eigenvalue weighted by molar-refractivity contribution is 8.14. The van der Waals surface area contributed by atoms with E-state index in [1.165, 1.54) is 24.3 Å². The second kappa shape index (κ2) is 46.1. The molecule has 4 rings (SSSR count). The second-order valence-electron chi connectivity index (χ2n) is 29.7. The number of esters is 1. The van der Waals surface area contributed by atoms with Crippen LogP contribution in [0.2, 0.25) is 0 Å². The number of nitrogens with zero attached hydrogens (tertiary/aromatic N) is 3. The van der Waals surface area contributed by atoms with Gasteiger partial charge in [-0.15, -0.1) is 11.8 Å². The van der Waals surface area contributed by atoms with Gasteiger partial charge in [0.15, 0.2) is 6.10 Å². The quantitative estimate of drug-likeness (QED) is 0.0268. The molecule has 37 heteroatoms. The molecule has 0 aliphatic carbocycles. The van der Waals surface area contributed by atoms with Gasteiger partial charge >= 0.3 is 17.9 Å². The number of aliphatic carboxylic acids is 2. The number of carboxylic acid groups (broad SMARTS) is 2. The van der Waals surface area contributed by atoms with Crippen LogP contribution in [0.3, 0.4) is 0 Å². The van der Waals surface area contributed by atoms with Gasteiger partial charge in [0.05, 0.1) is 57.8 Å². The molecule has 110 heavy (non-hydrogen) atoms. The molecule has 1 aromatic heterocycles. The number of amides is 12. The number of H-pyrrole nitrogens is 1. The molecule has 12 amide bonds. The number of ether oxygens (including phenoxy) is 1. The Morgan fingerprint density at radius 1 is 0.682 bits per heavy atom. The highest BCUT2D eigenvalue weighted by Gasteiger charge is 2.40. The maximum absolute atomic E-state index is 15.1. The van der Waals surface area contributed by atoms with Gasteiger partial charge in [-0.25, -0.2) is 4.98 Å². The van der Waals surface area contributed by atoms with Crippen LogP contribution in [-0.2, 0) is 89.5 Å². The van der Waals surface area contributed by atoms with Crippen molar-refractivity contribution in [1.82, 2.24) is 68.5 Å². The van der Waals surface area contributed by atoms with Crippen molar-refractivity contribution < 1.29 is 91.4 Å². The number of carbonyl (C=O) groups excluding carboxylic acids is 13. The molecule has 16 atom stereocenters. The van der Waals surface area contributed by atoms with E-state index in [0.29, 0.717) is 10.6 Å². The average Bonchev–Trinajstić information content (AvgIpc) is 1.33. The zero-order chi connectivity index (χ0) is 82.1. The Balaban J connectivity index is 1.83. The number of aliphatic imine (C=N–C) groups is 1. The number of primary amides is 1. The average molecular weight is 1570 g/mol. The molecule has 2 aliphatic rings. The molecule has 36 nitrogen and oxygen atoms in total. The van der Waals surface area contributed by atoms with Gasteiger partial charge in [-0.05, 0) is 80.7 Å². The van der Waals surface area contributed by atoms with Crippen LogP contribution in [0.15, 0.2) is 47.8 Å². The van der Waals surface area contributed by atoms with E-state index in [0.717, 1.165) is 6.42 Å². The maximum atomic E-state index is 15.1. The van der Waals surface area contributed by atoms with Crippen LogP contribution in [0, 0.1) is 23.7 Å². The number of imidazole rings is 1. The number of rotatable bonds is 36. The molecule has 612 valence electrons. The first-order valence-electron chi connectivity index (χ1n) is 37.6. The number of nitrogens with two attached hydrogens (primary N) is 3. The molecule has 1 saturated heterocycles. The smallest absolute Gasteiger partial charge is 0.307 e. The number of likely N-dealkylation sites (N-methyl/N-ethyl adjacent to an activating group) is 1. The Hall–Kier alpha value is -9.62. The highest BCUT2D eigenvalue weighted by atomic mass is 32.2. The van der Waals surface area contributed by atoms with Crippen LogP contribution in [0.25, 0.3) is 0 Å². The largest absolute Gasteiger partial charge is 0.481 e. The van der Waals surface area contributed by atoms with Gasteiger partial charge in [0.2, 0.25) is 70.9 Å². The van der Waals surface area contributed by atoms with Crippen LogP contribution < -0.4 is 75.7 Å². The molecule has 20 N–H and O–H groups in total. The normalized spacial score (nSPS) is 22.5. The minimum atomic E-state index is -1.96. The third kappa shape index (κ3) is 32.1. The van der Waals surface area contributed by atoms with Gasteiger partial charge in [0.1, 0.15) is 73.0 Å². The van der Waals surface area contributed by atoms with Crippen molar-refractivity contribution in [3.63, 3.8) is 0 Å². The number of hydrogen-bond acceptors (Lipinski definition) is 21. The van der Waals surface area contributed by atoms with E-state index in [2.05, 4.69) is 73.4 Å². The summed E-state index contributed by atoms with van der Waals surface area (Å²) in [4.78, 5) is 223. The summed E-state index contributed by atoms with van der Waals surface area (Å²) in [5, 5.41) is 49.3. The molecule has 0 bridgehead atoms. The fourth-order valence-electron chi connectivity index (χ4n) is 12.0. The summed E-state index contributed by atoms with van der Waals surface area (Å²) in [6.45, 7) is 14.1. The Morgan fingerprint density at radius 2 is 1.28 bits per heavy atom. The summed E-state index contributed by atoms with van der Waals surface area (Å²) < 4.78 is 5.86. The number of nitrogens with one attached hydrogen (secondary N) is 12. The molecule has 2 aromatic rings. The molecule has 2 aliphatic heterocycles. The van der Waals surface area contributed by atoms with Gasteiger partial charge in [0, 0.05) is 43.5 Å². The zero-order valence-electron chi connectivity index (χ0n) is 64.9. The van der Waals surface area contributed by atoms with E-state index < -0.39 is 211 Å². The SMILES string of the molecule is CC[C@H](C)[C@H](N)C1=N[C@H](C(=O)N[C@@H](CC(C)C)C(=O)N[C@H](CCC(=O)OC(CC(=O)O)C[N+](C)(C)C)C(=O)N[C@H](C(=O)N[C@H]2CCCCNC(=O)[C@H](CC(N)=O)NC(=O)[C@@H](CC(=O)O)NC(=O)[C@H](Cc3cnc[nH]3)NC(=O)[C@@H](Cc3ccccc3)NC(=O)[C@H]([C@@H](C)CC)NC(=O)[C@@H](CCCN)NC2=O)[C@@H](C)CC)CS1. The van der Waals surface area contributed by atoms with E-state index >= 15 is 14.4 Å². The zero-order valence-corrected chi connectivity index (χ0v) is 65.7. The van der Waals surface area contributed by atoms with Crippen molar-refractivity contribution in [2.75, 3.05) is 46.5 Å². The molecule has 1 fully saturated rings. The lowest BCUT2D eigenvalue weighted by Gasteiger charge is -2.31. The summed E-state index contributed by atoms with van der Waals surface area (Å²) in [5.41, 5.74) is 18.8. The van der Waals surface area contributed by atoms with Gasteiger partial charge < -0.3 is 100 Å². The van der Waals surface area contributed by atoms with Crippen molar-refractivity contribution in [2.45, 2.75) is 237 Å². The number of carboxylic acids is 2. The predicted octanol–water partition coefficient (Wildman–Crippen LogP) is -1.67. The number of benzene rings is 1. The number of hydrogen-bond donors (Lipinski definition) is 17. The van der Waals surface area contributed by atoms with Crippen LogP contribution >= 0.6 is 11.8 Å². The summed E-state index contributed by atoms with van der Waals surface area (Å²) in [7, 11) is 5.29. The Kier molecular flexibility index (Phi) is 38.9. The molecule has 1 unspecified atom stereocenters. The molecule has 1 aromatic carbocycles. The number of aromatic nitrogens is 2. The van der Waals surface area contributed by atoms with Crippen molar-refractivity contribution in [3.05, 3.63) is 54.1 Å². The lowest BCUT2D eigenvalue weighted by atomic mass is 9.96. The minimum Gasteiger partial charge on any atom is -0.481 e. The van der Waals surface area contributed by atoms with Crippen molar-refractivity contribution in [3.8, 4) is 0 Å². The molecular weight excluding hydrogens is 1450 g/mol. The Morgan fingerprint density at radius 3 is 1.86 bits per heavy atom. The Labute approximate surface area is 645 Å². The molecule has 0 radical (unpaired) electrons. The van der Waals surface area contributed by atoms with Gasteiger partial charge in [-0.3, -0.25) is 76.9 Å². The summed E-state index contributed by atoms with van der Waals surface area (Å²) in [5.74, 6) is -16.6. The van der Waals surface area contributed by atoms with E-state index in [1.54, 1.807) is 93.0 Å². The van der Waals surface area contributed by atoms with E-state index in [9.17, 15) is 67.7 Å². The first-order valence-corrected chi connectivity index (χ1v) is 38.6. The van der Waals surface area contributed by atoms with Crippen molar-refractivity contribution >= 4 is 106 Å². The third-order valence-corrected chi connectivity index (χ3v) is 20.1. The van der Waals surface area contributed by atoms with Crippen LogP contribution in [0.1, 0.15) is 157 Å². The predicted molar refractivity (Wildman–Crippen MR) is 407 cm³/mol.